The van der Waals surface area contributed by atoms with Crippen LogP contribution in [-0.4, -0.2) is 24.4 Å². The second kappa shape index (κ2) is 7.53. The van der Waals surface area contributed by atoms with Gasteiger partial charge < -0.3 is 16.0 Å². The highest BCUT2D eigenvalue weighted by molar-refractivity contribution is 6.08. The van der Waals surface area contributed by atoms with Crippen LogP contribution in [0.4, 0.5) is 11.4 Å². The van der Waals surface area contributed by atoms with E-state index in [2.05, 4.69) is 11.4 Å². The van der Waals surface area contributed by atoms with Crippen molar-refractivity contribution in [2.75, 3.05) is 16.8 Å². The Balaban J connectivity index is 1.45. The first kappa shape index (κ1) is 17.7. The molecule has 2 aromatic carbocycles. The smallest absolute Gasteiger partial charge is 0.258 e. The molecule has 0 aromatic heterocycles. The summed E-state index contributed by atoms with van der Waals surface area (Å²) in [5.74, 6) is 0.193. The monoisotopic (exact) mass is 363 g/mol. The predicted molar refractivity (Wildman–Crippen MR) is 107 cm³/mol. The third-order valence-corrected chi connectivity index (χ3v) is 5.69. The quantitative estimate of drug-likeness (QED) is 0.875. The van der Waals surface area contributed by atoms with E-state index in [1.54, 1.807) is 12.1 Å². The van der Waals surface area contributed by atoms with E-state index < -0.39 is 0 Å². The number of hydrogen-bond donors (Lipinski definition) is 2. The lowest BCUT2D eigenvalue weighted by molar-refractivity contribution is -0.117. The first-order chi connectivity index (χ1) is 13.1. The molecule has 2 atom stereocenters. The van der Waals surface area contributed by atoms with Crippen LogP contribution < -0.4 is 16.0 Å². The van der Waals surface area contributed by atoms with Gasteiger partial charge in [0.1, 0.15) is 0 Å². The summed E-state index contributed by atoms with van der Waals surface area (Å²) in [6, 6.07) is 15.3. The van der Waals surface area contributed by atoms with Crippen LogP contribution in [0, 0.1) is 5.92 Å². The van der Waals surface area contributed by atoms with Gasteiger partial charge in [-0.1, -0.05) is 30.7 Å². The molecule has 2 aliphatic rings. The average molecular weight is 363 g/mol. The van der Waals surface area contributed by atoms with Gasteiger partial charge in [-0.3, -0.25) is 9.59 Å². The van der Waals surface area contributed by atoms with Crippen LogP contribution in [-0.2, 0) is 11.2 Å². The van der Waals surface area contributed by atoms with Gasteiger partial charge in [0.15, 0.2) is 0 Å². The Morgan fingerprint density at radius 1 is 1.11 bits per heavy atom. The second-order valence-electron chi connectivity index (χ2n) is 7.52. The molecular formula is C22H25N3O2. The van der Waals surface area contributed by atoms with Gasteiger partial charge in [-0.25, -0.2) is 0 Å². The van der Waals surface area contributed by atoms with Crippen LogP contribution in [0.15, 0.2) is 48.5 Å². The fourth-order valence-electron chi connectivity index (χ4n) is 4.20. The average Bonchev–Trinajstić information content (AvgIpc) is 3.28. The number of hydrogen-bond acceptors (Lipinski definition) is 3. The second-order valence-corrected chi connectivity index (χ2v) is 7.52. The Bertz CT molecular complexity index is 864. The molecule has 5 heteroatoms. The summed E-state index contributed by atoms with van der Waals surface area (Å²) < 4.78 is 0. The van der Waals surface area contributed by atoms with Crippen LogP contribution in [0.1, 0.15) is 41.6 Å². The van der Waals surface area contributed by atoms with E-state index >= 15 is 0 Å². The topological polar surface area (TPSA) is 75.4 Å². The lowest BCUT2D eigenvalue weighted by Crippen LogP contribution is -2.29. The maximum atomic E-state index is 13.0. The van der Waals surface area contributed by atoms with E-state index in [0.29, 0.717) is 24.2 Å². The van der Waals surface area contributed by atoms with Crippen LogP contribution >= 0.6 is 0 Å². The SMILES string of the molecule is N[C@@H]1CCC[C@H]1CC(=O)Nc1cccc(C(=O)N2CCc3ccccc32)c1. The number of carbonyl (C=O) groups excluding carboxylic acids is 2. The van der Waals surface area contributed by atoms with Crippen molar-refractivity contribution in [2.45, 2.75) is 38.1 Å². The molecule has 140 valence electrons. The number of nitrogens with one attached hydrogen (secondary N) is 1. The molecular weight excluding hydrogens is 338 g/mol. The standard InChI is InChI=1S/C22H25N3O2/c23-19-9-4-6-16(19)14-21(26)24-18-8-3-7-17(13-18)22(27)25-12-11-15-5-1-2-10-20(15)25/h1-3,5,7-8,10,13,16,19H,4,6,9,11-12,14,23H2,(H,24,26)/t16-,19+/m0/s1. The number of anilines is 2. The Morgan fingerprint density at radius 3 is 2.78 bits per heavy atom. The summed E-state index contributed by atoms with van der Waals surface area (Å²) in [7, 11) is 0. The number of carbonyl (C=O) groups is 2. The van der Waals surface area contributed by atoms with Crippen molar-refractivity contribution in [1.29, 1.82) is 0 Å². The largest absolute Gasteiger partial charge is 0.327 e. The van der Waals surface area contributed by atoms with Crippen LogP contribution in [0.25, 0.3) is 0 Å². The van der Waals surface area contributed by atoms with Gasteiger partial charge in [-0.2, -0.15) is 0 Å². The van der Waals surface area contributed by atoms with Crippen LogP contribution in [0.5, 0.6) is 0 Å². The van der Waals surface area contributed by atoms with Gasteiger partial charge in [0.05, 0.1) is 0 Å². The van der Waals surface area contributed by atoms with Gasteiger partial charge in [-0.05, 0) is 55.0 Å². The summed E-state index contributed by atoms with van der Waals surface area (Å²) >= 11 is 0. The van der Waals surface area contributed by atoms with Crippen molar-refractivity contribution < 1.29 is 9.59 Å². The molecule has 2 aromatic rings. The fourth-order valence-corrected chi connectivity index (χ4v) is 4.20. The summed E-state index contributed by atoms with van der Waals surface area (Å²) in [5.41, 5.74) is 9.48. The highest BCUT2D eigenvalue weighted by Crippen LogP contribution is 2.30. The number of benzene rings is 2. The van der Waals surface area contributed by atoms with Gasteiger partial charge in [0, 0.05) is 35.9 Å². The fraction of sp³-hybridized carbons (Fsp3) is 0.364. The van der Waals surface area contributed by atoms with E-state index in [1.165, 1.54) is 5.56 Å². The molecule has 27 heavy (non-hydrogen) atoms. The number of para-hydroxylation sites is 1. The van der Waals surface area contributed by atoms with Crippen LogP contribution in [0.3, 0.4) is 0 Å². The number of rotatable bonds is 4. The maximum Gasteiger partial charge on any atom is 0.258 e. The van der Waals surface area contributed by atoms with Gasteiger partial charge in [0.2, 0.25) is 5.91 Å². The molecule has 0 unspecified atom stereocenters. The molecule has 1 heterocycles. The van der Waals surface area contributed by atoms with Gasteiger partial charge in [-0.15, -0.1) is 0 Å². The van der Waals surface area contributed by atoms with E-state index in [9.17, 15) is 9.59 Å². The Hall–Kier alpha value is -2.66. The number of nitrogens with zero attached hydrogens (tertiary/aromatic N) is 1. The summed E-state index contributed by atoms with van der Waals surface area (Å²) in [5, 5.41) is 2.93. The highest BCUT2D eigenvalue weighted by atomic mass is 16.2. The molecule has 1 aliphatic heterocycles. The molecule has 0 spiro atoms. The molecule has 5 nitrogen and oxygen atoms in total. The zero-order chi connectivity index (χ0) is 18.8. The molecule has 1 saturated carbocycles. The van der Waals surface area contributed by atoms with E-state index in [1.807, 2.05) is 35.2 Å². The predicted octanol–water partition coefficient (Wildman–Crippen LogP) is 3.35. The Labute approximate surface area is 159 Å². The minimum atomic E-state index is -0.0338. The Morgan fingerprint density at radius 2 is 1.96 bits per heavy atom. The first-order valence-corrected chi connectivity index (χ1v) is 9.67. The van der Waals surface area contributed by atoms with E-state index in [0.717, 1.165) is 31.4 Å². The molecule has 3 N–H and O–H groups in total. The molecule has 0 bridgehead atoms. The zero-order valence-corrected chi connectivity index (χ0v) is 15.4. The van der Waals surface area contributed by atoms with Crippen molar-refractivity contribution in [2.24, 2.45) is 11.7 Å². The third-order valence-electron chi connectivity index (χ3n) is 5.69. The van der Waals surface area contributed by atoms with Crippen molar-refractivity contribution in [1.82, 2.24) is 0 Å². The van der Waals surface area contributed by atoms with Gasteiger partial charge in [0.25, 0.3) is 5.91 Å². The van der Waals surface area contributed by atoms with E-state index in [-0.39, 0.29) is 23.8 Å². The number of nitrogens with two attached hydrogens (primary N) is 1. The molecule has 4 rings (SSSR count). The molecule has 0 saturated heterocycles. The summed E-state index contributed by atoms with van der Waals surface area (Å²) in [4.78, 5) is 27.1. The highest BCUT2D eigenvalue weighted by Gasteiger charge is 2.27. The zero-order valence-electron chi connectivity index (χ0n) is 15.4. The molecule has 0 radical (unpaired) electrons. The van der Waals surface area contributed by atoms with Crippen molar-refractivity contribution >= 4 is 23.2 Å². The first-order valence-electron chi connectivity index (χ1n) is 9.67. The number of amides is 2. The molecule has 1 fully saturated rings. The lowest BCUT2D eigenvalue weighted by Gasteiger charge is -2.18. The van der Waals surface area contributed by atoms with Crippen LogP contribution in [0.2, 0.25) is 0 Å². The Kier molecular flexibility index (Phi) is 4.94. The lowest BCUT2D eigenvalue weighted by atomic mass is 10.00. The van der Waals surface area contributed by atoms with Crippen molar-refractivity contribution in [3.05, 3.63) is 59.7 Å². The van der Waals surface area contributed by atoms with E-state index in [4.69, 9.17) is 5.73 Å². The van der Waals surface area contributed by atoms with Crippen molar-refractivity contribution in [3.8, 4) is 0 Å². The maximum absolute atomic E-state index is 13.0. The minimum Gasteiger partial charge on any atom is -0.327 e. The summed E-state index contributed by atoms with van der Waals surface area (Å²) in [6.45, 7) is 0.689. The van der Waals surface area contributed by atoms with Gasteiger partial charge >= 0.3 is 0 Å². The normalized spacial score (nSPS) is 21.1. The summed E-state index contributed by atoms with van der Waals surface area (Å²) in [6.07, 6.45) is 4.43. The number of fused-ring (bicyclic) bond motifs is 1. The third kappa shape index (κ3) is 3.74. The van der Waals surface area contributed by atoms with Crippen molar-refractivity contribution in [3.63, 3.8) is 0 Å². The molecule has 2 amide bonds. The minimum absolute atomic E-state index is 0.0335. The molecule has 1 aliphatic carbocycles.